The number of carbonyl (C=O) groups excluding carboxylic acids is 1. The monoisotopic (exact) mass is 432 g/mol. The maximum Gasteiger partial charge on any atom is 0.319 e. The van der Waals surface area contributed by atoms with Gasteiger partial charge in [-0.3, -0.25) is 4.98 Å². The molecule has 2 heterocycles. The third kappa shape index (κ3) is 5.35. The SMILES string of the molecule is CCOCC1CCC(C)N1S(=O)(=O)c1ccc(NC(=O)NCc2cccnc2)cc1. The number of nitrogens with zero attached hydrogens (tertiary/aromatic N) is 2. The summed E-state index contributed by atoms with van der Waals surface area (Å²) in [6.07, 6.45) is 4.95. The summed E-state index contributed by atoms with van der Waals surface area (Å²) in [4.78, 5) is 16.3. The van der Waals surface area contributed by atoms with Crippen molar-refractivity contribution in [2.75, 3.05) is 18.5 Å². The zero-order chi connectivity index (χ0) is 21.6. The van der Waals surface area contributed by atoms with Gasteiger partial charge in [-0.15, -0.1) is 0 Å². The van der Waals surface area contributed by atoms with Crippen molar-refractivity contribution in [3.8, 4) is 0 Å². The topological polar surface area (TPSA) is 101 Å². The number of hydrogen-bond acceptors (Lipinski definition) is 5. The highest BCUT2D eigenvalue weighted by molar-refractivity contribution is 7.89. The van der Waals surface area contributed by atoms with Gasteiger partial charge in [-0.1, -0.05) is 6.07 Å². The Labute approximate surface area is 177 Å². The molecule has 0 spiro atoms. The van der Waals surface area contributed by atoms with Crippen LogP contribution in [0.2, 0.25) is 0 Å². The van der Waals surface area contributed by atoms with Gasteiger partial charge in [-0.05, 0) is 62.6 Å². The summed E-state index contributed by atoms with van der Waals surface area (Å²) in [5.74, 6) is 0. The van der Waals surface area contributed by atoms with Crippen LogP contribution < -0.4 is 10.6 Å². The Kier molecular flexibility index (Phi) is 7.41. The highest BCUT2D eigenvalue weighted by Gasteiger charge is 2.40. The summed E-state index contributed by atoms with van der Waals surface area (Å²) in [7, 11) is -3.64. The van der Waals surface area contributed by atoms with Gasteiger partial charge < -0.3 is 15.4 Å². The number of rotatable bonds is 8. The van der Waals surface area contributed by atoms with E-state index in [1.54, 1.807) is 34.9 Å². The fourth-order valence-electron chi connectivity index (χ4n) is 3.58. The first kappa shape index (κ1) is 22.2. The molecule has 2 N–H and O–H groups in total. The highest BCUT2D eigenvalue weighted by atomic mass is 32.2. The Morgan fingerprint density at radius 2 is 2.00 bits per heavy atom. The molecule has 1 aromatic heterocycles. The van der Waals surface area contributed by atoms with Crippen LogP contribution in [0.15, 0.2) is 53.7 Å². The van der Waals surface area contributed by atoms with E-state index in [0.717, 1.165) is 18.4 Å². The van der Waals surface area contributed by atoms with Crippen LogP contribution in [-0.2, 0) is 21.3 Å². The highest BCUT2D eigenvalue weighted by Crippen LogP contribution is 2.31. The van der Waals surface area contributed by atoms with E-state index in [-0.39, 0.29) is 23.0 Å². The fourth-order valence-corrected chi connectivity index (χ4v) is 5.45. The Bertz CT molecular complexity index is 935. The molecular formula is C21H28N4O4S. The molecule has 2 aromatic rings. The molecular weight excluding hydrogens is 404 g/mol. The van der Waals surface area contributed by atoms with Crippen molar-refractivity contribution >= 4 is 21.7 Å². The molecule has 9 heteroatoms. The summed E-state index contributed by atoms with van der Waals surface area (Å²) < 4.78 is 33.4. The average Bonchev–Trinajstić information content (AvgIpc) is 3.13. The van der Waals surface area contributed by atoms with Crippen molar-refractivity contribution in [3.63, 3.8) is 0 Å². The molecule has 3 rings (SSSR count). The number of pyridine rings is 1. The lowest BCUT2D eigenvalue weighted by Gasteiger charge is -2.27. The first-order valence-electron chi connectivity index (χ1n) is 10.1. The third-order valence-electron chi connectivity index (χ3n) is 5.09. The average molecular weight is 433 g/mol. The molecule has 2 atom stereocenters. The Balaban J connectivity index is 1.63. The quantitative estimate of drug-likeness (QED) is 0.668. The van der Waals surface area contributed by atoms with Gasteiger partial charge >= 0.3 is 6.03 Å². The molecule has 2 amide bonds. The minimum atomic E-state index is -3.64. The van der Waals surface area contributed by atoms with Gasteiger partial charge in [-0.2, -0.15) is 4.31 Å². The standard InChI is InChI=1S/C21H28N4O4S/c1-3-29-15-19-9-6-16(2)25(19)30(27,28)20-10-7-18(8-11-20)24-21(26)23-14-17-5-4-12-22-13-17/h4-5,7-8,10-13,16,19H,3,6,9,14-15H2,1-2H3,(H2,23,24,26). The van der Waals surface area contributed by atoms with Gasteiger partial charge in [0.1, 0.15) is 0 Å². The van der Waals surface area contributed by atoms with Gasteiger partial charge in [0.2, 0.25) is 10.0 Å². The van der Waals surface area contributed by atoms with E-state index in [0.29, 0.717) is 25.4 Å². The van der Waals surface area contributed by atoms with Crippen molar-refractivity contribution in [1.29, 1.82) is 0 Å². The van der Waals surface area contributed by atoms with Crippen LogP contribution in [-0.4, -0.2) is 49.0 Å². The number of carbonyl (C=O) groups is 1. The molecule has 8 nitrogen and oxygen atoms in total. The lowest BCUT2D eigenvalue weighted by molar-refractivity contribution is 0.105. The van der Waals surface area contributed by atoms with Crippen molar-refractivity contribution in [3.05, 3.63) is 54.4 Å². The van der Waals surface area contributed by atoms with Gasteiger partial charge in [-0.25, -0.2) is 13.2 Å². The van der Waals surface area contributed by atoms with Crippen LogP contribution in [0, 0.1) is 0 Å². The zero-order valence-corrected chi connectivity index (χ0v) is 18.1. The van der Waals surface area contributed by atoms with Gasteiger partial charge in [0, 0.05) is 43.3 Å². The molecule has 30 heavy (non-hydrogen) atoms. The number of amides is 2. The van der Waals surface area contributed by atoms with E-state index in [1.807, 2.05) is 19.9 Å². The predicted octanol–water partition coefficient (Wildman–Crippen LogP) is 2.98. The van der Waals surface area contributed by atoms with Crippen LogP contribution in [0.3, 0.4) is 0 Å². The summed E-state index contributed by atoms with van der Waals surface area (Å²) in [6.45, 7) is 5.13. The zero-order valence-electron chi connectivity index (χ0n) is 17.2. The van der Waals surface area contributed by atoms with Gasteiger partial charge in [0.05, 0.1) is 11.5 Å². The number of benzene rings is 1. The molecule has 0 bridgehead atoms. The van der Waals surface area contributed by atoms with Crippen LogP contribution in [0.5, 0.6) is 0 Å². The van der Waals surface area contributed by atoms with E-state index < -0.39 is 10.0 Å². The molecule has 162 valence electrons. The van der Waals surface area contributed by atoms with Gasteiger partial charge in [0.25, 0.3) is 0 Å². The molecule has 0 saturated carbocycles. The van der Waals surface area contributed by atoms with Crippen molar-refractivity contribution in [2.24, 2.45) is 0 Å². The Morgan fingerprint density at radius 1 is 1.23 bits per heavy atom. The maximum absolute atomic E-state index is 13.2. The molecule has 1 saturated heterocycles. The lowest BCUT2D eigenvalue weighted by atomic mass is 10.2. The first-order chi connectivity index (χ1) is 14.4. The summed E-state index contributed by atoms with van der Waals surface area (Å²) in [6, 6.07) is 9.30. The number of hydrogen-bond donors (Lipinski definition) is 2. The number of sulfonamides is 1. The molecule has 2 unspecified atom stereocenters. The molecule has 1 aliphatic heterocycles. The minimum Gasteiger partial charge on any atom is -0.380 e. The molecule has 1 aliphatic rings. The van der Waals surface area contributed by atoms with Crippen LogP contribution in [0.1, 0.15) is 32.3 Å². The number of aromatic nitrogens is 1. The van der Waals surface area contributed by atoms with Crippen molar-refractivity contribution in [2.45, 2.75) is 50.2 Å². The summed E-state index contributed by atoms with van der Waals surface area (Å²) in [5.41, 5.74) is 1.40. The maximum atomic E-state index is 13.2. The van der Waals surface area contributed by atoms with Crippen LogP contribution >= 0.6 is 0 Å². The fraction of sp³-hybridized carbons (Fsp3) is 0.429. The van der Waals surface area contributed by atoms with E-state index in [9.17, 15) is 13.2 Å². The second-order valence-electron chi connectivity index (χ2n) is 7.27. The van der Waals surface area contributed by atoms with E-state index in [4.69, 9.17) is 4.74 Å². The van der Waals surface area contributed by atoms with Gasteiger partial charge in [0.15, 0.2) is 0 Å². The molecule has 0 aliphatic carbocycles. The Hall–Kier alpha value is -2.49. The first-order valence-corrected chi connectivity index (χ1v) is 11.5. The minimum absolute atomic E-state index is 0.0727. The molecule has 0 radical (unpaired) electrons. The number of urea groups is 1. The number of nitrogens with one attached hydrogen (secondary N) is 2. The molecule has 1 aromatic carbocycles. The Morgan fingerprint density at radius 3 is 2.67 bits per heavy atom. The lowest BCUT2D eigenvalue weighted by Crippen LogP contribution is -2.42. The van der Waals surface area contributed by atoms with Crippen LogP contribution in [0.25, 0.3) is 0 Å². The van der Waals surface area contributed by atoms with Crippen molar-refractivity contribution in [1.82, 2.24) is 14.6 Å². The van der Waals surface area contributed by atoms with E-state index in [2.05, 4.69) is 15.6 Å². The predicted molar refractivity (Wildman–Crippen MR) is 115 cm³/mol. The third-order valence-corrected chi connectivity index (χ3v) is 7.17. The molecule has 1 fully saturated rings. The van der Waals surface area contributed by atoms with E-state index >= 15 is 0 Å². The second-order valence-corrected chi connectivity index (χ2v) is 9.11. The number of anilines is 1. The number of ether oxygens (including phenoxy) is 1. The second kappa shape index (κ2) is 10.0. The normalized spacial score (nSPS) is 19.5. The summed E-state index contributed by atoms with van der Waals surface area (Å²) >= 11 is 0. The summed E-state index contributed by atoms with van der Waals surface area (Å²) in [5, 5.41) is 5.44. The van der Waals surface area contributed by atoms with Crippen LogP contribution in [0.4, 0.5) is 10.5 Å². The van der Waals surface area contributed by atoms with E-state index in [1.165, 1.54) is 12.1 Å². The smallest absolute Gasteiger partial charge is 0.319 e. The largest absolute Gasteiger partial charge is 0.380 e. The van der Waals surface area contributed by atoms with Crippen molar-refractivity contribution < 1.29 is 17.9 Å².